The lowest BCUT2D eigenvalue weighted by atomic mass is 10.0. The van der Waals surface area contributed by atoms with Crippen LogP contribution in [0, 0.1) is 0 Å². The second-order valence-corrected chi connectivity index (χ2v) is 17.5. The molecule has 0 radical (unpaired) electrons. The summed E-state index contributed by atoms with van der Waals surface area (Å²) in [7, 11) is -5.44. The molecule has 33 heavy (non-hydrogen) atoms. The third kappa shape index (κ3) is 25.3. The highest BCUT2D eigenvalue weighted by molar-refractivity contribution is 7.54. The van der Waals surface area contributed by atoms with Gasteiger partial charge in [0.2, 0.25) is 0 Å². The van der Waals surface area contributed by atoms with Crippen molar-refractivity contribution >= 4 is 15.9 Å². The van der Waals surface area contributed by atoms with Crippen LogP contribution in [-0.2, 0) is 8.78 Å². The zero-order valence-electron chi connectivity index (χ0n) is 23.2. The van der Waals surface area contributed by atoms with Gasteiger partial charge < -0.3 is 9.11 Å². The van der Waals surface area contributed by atoms with Crippen molar-refractivity contribution in [3.63, 3.8) is 0 Å². The van der Waals surface area contributed by atoms with Crippen LogP contribution in [-0.4, -0.2) is 19.4 Å². The zero-order chi connectivity index (χ0) is 24.7. The molecule has 0 aliphatic heterocycles. The molecule has 0 bridgehead atoms. The fraction of sp³-hybridized carbons (Fsp3) is 1.00. The molecule has 0 aliphatic rings. The minimum atomic E-state index is -3.41. The molecule has 3 nitrogen and oxygen atoms in total. The Kier molecular flexibility index (Phi) is 23.1. The molecule has 0 saturated carbocycles. The van der Waals surface area contributed by atoms with Crippen LogP contribution in [0.2, 0.25) is 19.1 Å². The fourth-order valence-electron chi connectivity index (χ4n) is 4.67. The Balaban J connectivity index is 3.53. The van der Waals surface area contributed by atoms with E-state index in [-0.39, 0.29) is 0 Å². The molecule has 1 atom stereocenters. The van der Waals surface area contributed by atoms with Crippen molar-refractivity contribution in [2.75, 3.05) is 6.16 Å². The van der Waals surface area contributed by atoms with E-state index in [2.05, 4.69) is 26.9 Å². The molecule has 0 spiro atoms. The monoisotopic (exact) mass is 504 g/mol. The topological polar surface area (TPSA) is 46.5 Å². The van der Waals surface area contributed by atoms with E-state index in [1.54, 1.807) is 0 Å². The fourth-order valence-corrected chi connectivity index (χ4v) is 10.2. The molecular formula is C28H61O3PSi. The van der Waals surface area contributed by atoms with Gasteiger partial charge in [0.25, 0.3) is 0 Å². The van der Waals surface area contributed by atoms with Gasteiger partial charge in [0.15, 0.2) is 8.32 Å². The largest absolute Gasteiger partial charge is 0.351 e. The maximum Gasteiger partial charge on any atom is 0.318 e. The van der Waals surface area contributed by atoms with Crippen molar-refractivity contribution in [3.8, 4) is 0 Å². The van der Waals surface area contributed by atoms with Crippen molar-refractivity contribution in [3.05, 3.63) is 0 Å². The molecule has 0 rings (SSSR count). The SMILES string of the molecule is CCCCCCCCCCCCCCCCCCP(=O)(O)O[Si](C)(C)CCCCCCCC. The first-order valence-corrected chi connectivity index (χ1v) is 19.7. The minimum Gasteiger partial charge on any atom is -0.351 e. The highest BCUT2D eigenvalue weighted by Crippen LogP contribution is 2.47. The van der Waals surface area contributed by atoms with Gasteiger partial charge in [-0.25, -0.2) is 0 Å². The van der Waals surface area contributed by atoms with Crippen LogP contribution in [0.3, 0.4) is 0 Å². The van der Waals surface area contributed by atoms with Crippen molar-refractivity contribution in [1.82, 2.24) is 0 Å². The lowest BCUT2D eigenvalue weighted by Gasteiger charge is -2.26. The Labute approximate surface area is 209 Å². The second kappa shape index (κ2) is 22.8. The Morgan fingerprint density at radius 1 is 0.545 bits per heavy atom. The Hall–Kier alpha value is 0.367. The normalized spacial score (nSPS) is 14.0. The summed E-state index contributed by atoms with van der Waals surface area (Å²) in [5, 5.41) is 0. The van der Waals surface area contributed by atoms with Gasteiger partial charge in [-0.2, -0.15) is 0 Å². The number of hydrogen-bond donors (Lipinski definition) is 1. The highest BCUT2D eigenvalue weighted by Gasteiger charge is 2.31. The van der Waals surface area contributed by atoms with Crippen LogP contribution in [0.1, 0.15) is 155 Å². The predicted molar refractivity (Wildman–Crippen MR) is 151 cm³/mol. The van der Waals surface area contributed by atoms with E-state index in [9.17, 15) is 9.46 Å². The summed E-state index contributed by atoms with van der Waals surface area (Å²) in [6.07, 6.45) is 29.0. The molecule has 0 aromatic rings. The van der Waals surface area contributed by atoms with E-state index >= 15 is 0 Å². The molecule has 5 heteroatoms. The van der Waals surface area contributed by atoms with E-state index in [0.717, 1.165) is 25.3 Å². The van der Waals surface area contributed by atoms with Gasteiger partial charge in [0.05, 0.1) is 0 Å². The van der Waals surface area contributed by atoms with Gasteiger partial charge in [0, 0.05) is 6.16 Å². The smallest absolute Gasteiger partial charge is 0.318 e. The summed E-state index contributed by atoms with van der Waals surface area (Å²) in [6.45, 7) is 8.73. The Bertz CT molecular complexity index is 456. The van der Waals surface area contributed by atoms with Crippen LogP contribution >= 0.6 is 7.60 Å². The number of rotatable bonds is 26. The summed E-state index contributed by atoms with van der Waals surface area (Å²) in [5.74, 6) is 0. The van der Waals surface area contributed by atoms with Gasteiger partial charge in [-0.05, 0) is 25.6 Å². The molecule has 0 aliphatic carbocycles. The van der Waals surface area contributed by atoms with Gasteiger partial charge in [-0.15, -0.1) is 0 Å². The molecule has 200 valence electrons. The van der Waals surface area contributed by atoms with Gasteiger partial charge >= 0.3 is 7.60 Å². The first-order valence-electron chi connectivity index (χ1n) is 14.9. The van der Waals surface area contributed by atoms with Crippen LogP contribution in [0.25, 0.3) is 0 Å². The summed E-state index contributed by atoms with van der Waals surface area (Å²) in [5.41, 5.74) is 0. The molecule has 0 aromatic heterocycles. The quantitative estimate of drug-likeness (QED) is 0.0723. The van der Waals surface area contributed by atoms with Gasteiger partial charge in [-0.3, -0.25) is 4.57 Å². The second-order valence-electron chi connectivity index (χ2n) is 11.0. The Morgan fingerprint density at radius 3 is 1.21 bits per heavy atom. The van der Waals surface area contributed by atoms with E-state index < -0.39 is 15.9 Å². The molecule has 0 amide bonds. The maximum absolute atomic E-state index is 12.5. The van der Waals surface area contributed by atoms with Crippen LogP contribution in [0.5, 0.6) is 0 Å². The van der Waals surface area contributed by atoms with Crippen molar-refractivity contribution in [2.45, 2.75) is 174 Å². The first kappa shape index (κ1) is 33.4. The van der Waals surface area contributed by atoms with E-state index in [4.69, 9.17) is 4.21 Å². The molecule has 1 unspecified atom stereocenters. The van der Waals surface area contributed by atoms with Crippen LogP contribution < -0.4 is 0 Å². The summed E-state index contributed by atoms with van der Waals surface area (Å²) < 4.78 is 18.3. The summed E-state index contributed by atoms with van der Waals surface area (Å²) in [6, 6.07) is 1.00. The third-order valence-corrected chi connectivity index (χ3v) is 12.4. The average Bonchev–Trinajstić information content (AvgIpc) is 2.75. The van der Waals surface area contributed by atoms with Crippen molar-refractivity contribution in [2.24, 2.45) is 0 Å². The molecular weight excluding hydrogens is 443 g/mol. The first-order chi connectivity index (χ1) is 15.8. The summed E-state index contributed by atoms with van der Waals surface area (Å²) >= 11 is 0. The van der Waals surface area contributed by atoms with Gasteiger partial charge in [0.1, 0.15) is 0 Å². The van der Waals surface area contributed by atoms with Crippen molar-refractivity contribution in [1.29, 1.82) is 0 Å². The maximum atomic E-state index is 12.5. The standard InChI is InChI=1S/C28H61O3PSi/c1-5-7-9-11-13-14-15-16-17-18-19-20-21-22-23-25-27-32(29,30)31-33(3,4)28-26-24-12-10-8-6-2/h5-28H2,1-4H3,(H,29,30). The molecule has 0 fully saturated rings. The number of hydrogen-bond acceptors (Lipinski definition) is 2. The lowest BCUT2D eigenvalue weighted by Crippen LogP contribution is -2.29. The minimum absolute atomic E-state index is 0.346. The molecule has 0 aromatic carbocycles. The average molecular weight is 505 g/mol. The zero-order valence-corrected chi connectivity index (χ0v) is 25.1. The lowest BCUT2D eigenvalue weighted by molar-refractivity contribution is 0.372. The van der Waals surface area contributed by atoms with E-state index in [0.29, 0.717) is 6.16 Å². The van der Waals surface area contributed by atoms with Crippen molar-refractivity contribution < 1.29 is 13.7 Å². The molecule has 0 heterocycles. The summed E-state index contributed by atoms with van der Waals surface area (Å²) in [4.78, 5) is 10.3. The van der Waals surface area contributed by atoms with Crippen LogP contribution in [0.15, 0.2) is 0 Å². The molecule has 1 N–H and O–H groups in total. The molecule has 0 saturated heterocycles. The van der Waals surface area contributed by atoms with E-state index in [1.807, 2.05) is 0 Å². The number of unbranched alkanes of at least 4 members (excludes halogenated alkanes) is 20. The predicted octanol–water partition coefficient (Wildman–Crippen LogP) is 11.0. The van der Waals surface area contributed by atoms with Gasteiger partial charge in [-0.1, -0.05) is 149 Å². The highest BCUT2D eigenvalue weighted by atomic mass is 31.2. The van der Waals surface area contributed by atoms with E-state index in [1.165, 1.54) is 122 Å². The van der Waals surface area contributed by atoms with Crippen LogP contribution in [0.4, 0.5) is 0 Å². The third-order valence-electron chi connectivity index (χ3n) is 6.82. The Morgan fingerprint density at radius 2 is 0.848 bits per heavy atom.